The minimum atomic E-state index is -0.805. The molecule has 0 aromatic heterocycles. The van der Waals surface area contributed by atoms with E-state index in [1.807, 2.05) is 24.3 Å². The number of methoxy groups -OCH3 is 1. The van der Waals surface area contributed by atoms with Gasteiger partial charge in [0.25, 0.3) is 0 Å². The Kier molecular flexibility index (Phi) is 6.40. The minimum Gasteiger partial charge on any atom is -0.387 e. The highest BCUT2D eigenvalue weighted by Crippen LogP contribution is 2.20. The van der Waals surface area contributed by atoms with Crippen molar-refractivity contribution in [3.05, 3.63) is 33.4 Å². The standard InChI is InChI=1S/C13H20INO2/c1-17-10-13(16,7-2-8-15)9-11-3-5-12(14)6-4-11/h3-6,16H,2,7-10,15H2,1H3. The van der Waals surface area contributed by atoms with Crippen LogP contribution in [0.15, 0.2) is 24.3 Å². The zero-order valence-electron chi connectivity index (χ0n) is 10.2. The van der Waals surface area contributed by atoms with Crippen LogP contribution in [0.5, 0.6) is 0 Å². The van der Waals surface area contributed by atoms with Crippen LogP contribution in [0.3, 0.4) is 0 Å². The third kappa shape index (κ3) is 5.33. The molecule has 3 N–H and O–H groups in total. The lowest BCUT2D eigenvalue weighted by atomic mass is 9.90. The predicted molar refractivity (Wildman–Crippen MR) is 78.0 cm³/mol. The third-order valence-corrected chi connectivity index (χ3v) is 3.42. The van der Waals surface area contributed by atoms with Gasteiger partial charge in [-0.05, 0) is 59.7 Å². The van der Waals surface area contributed by atoms with Gasteiger partial charge in [0.2, 0.25) is 0 Å². The van der Waals surface area contributed by atoms with E-state index in [-0.39, 0.29) is 0 Å². The van der Waals surface area contributed by atoms with Gasteiger partial charge in [0.1, 0.15) is 0 Å². The van der Waals surface area contributed by atoms with Crippen LogP contribution in [0, 0.1) is 3.57 Å². The van der Waals surface area contributed by atoms with Gasteiger partial charge in [0.15, 0.2) is 0 Å². The van der Waals surface area contributed by atoms with Crippen molar-refractivity contribution in [2.75, 3.05) is 20.3 Å². The molecule has 1 aromatic carbocycles. The van der Waals surface area contributed by atoms with Crippen molar-refractivity contribution in [1.82, 2.24) is 0 Å². The lowest BCUT2D eigenvalue weighted by Crippen LogP contribution is -2.37. The van der Waals surface area contributed by atoms with E-state index >= 15 is 0 Å². The van der Waals surface area contributed by atoms with Crippen molar-refractivity contribution < 1.29 is 9.84 Å². The average molecular weight is 349 g/mol. The topological polar surface area (TPSA) is 55.5 Å². The first-order chi connectivity index (χ1) is 8.09. The van der Waals surface area contributed by atoms with Gasteiger partial charge in [-0.2, -0.15) is 0 Å². The third-order valence-electron chi connectivity index (χ3n) is 2.71. The smallest absolute Gasteiger partial charge is 0.0920 e. The maximum Gasteiger partial charge on any atom is 0.0920 e. The summed E-state index contributed by atoms with van der Waals surface area (Å²) in [7, 11) is 1.61. The number of hydrogen-bond donors (Lipinski definition) is 2. The van der Waals surface area contributed by atoms with Crippen LogP contribution in [0.1, 0.15) is 18.4 Å². The Hall–Kier alpha value is -0.170. The first-order valence-electron chi connectivity index (χ1n) is 5.75. The fourth-order valence-electron chi connectivity index (χ4n) is 1.89. The summed E-state index contributed by atoms with van der Waals surface area (Å²) in [6.45, 7) is 0.942. The summed E-state index contributed by atoms with van der Waals surface area (Å²) in [4.78, 5) is 0. The normalized spacial score (nSPS) is 14.6. The largest absolute Gasteiger partial charge is 0.387 e. The fraction of sp³-hybridized carbons (Fsp3) is 0.538. The highest BCUT2D eigenvalue weighted by atomic mass is 127. The second kappa shape index (κ2) is 7.31. The van der Waals surface area contributed by atoms with E-state index < -0.39 is 5.60 Å². The molecule has 0 amide bonds. The molecule has 0 heterocycles. The molecule has 0 spiro atoms. The molecule has 0 radical (unpaired) electrons. The number of rotatable bonds is 7. The van der Waals surface area contributed by atoms with Crippen molar-refractivity contribution in [3.8, 4) is 0 Å². The molecule has 1 atom stereocenters. The SMILES string of the molecule is COCC(O)(CCCN)Cc1ccc(I)cc1. The summed E-state index contributed by atoms with van der Waals surface area (Å²) in [5.74, 6) is 0. The molecule has 96 valence electrons. The van der Waals surface area contributed by atoms with Gasteiger partial charge in [0, 0.05) is 17.1 Å². The van der Waals surface area contributed by atoms with E-state index in [1.54, 1.807) is 7.11 Å². The zero-order valence-corrected chi connectivity index (χ0v) is 12.3. The summed E-state index contributed by atoms with van der Waals surface area (Å²) >= 11 is 2.27. The Morgan fingerprint density at radius 1 is 1.35 bits per heavy atom. The van der Waals surface area contributed by atoms with Crippen molar-refractivity contribution in [2.45, 2.75) is 24.9 Å². The first-order valence-corrected chi connectivity index (χ1v) is 6.83. The molecular weight excluding hydrogens is 329 g/mol. The van der Waals surface area contributed by atoms with Crippen molar-refractivity contribution in [1.29, 1.82) is 0 Å². The van der Waals surface area contributed by atoms with E-state index in [0.717, 1.165) is 12.0 Å². The number of ether oxygens (including phenoxy) is 1. The first kappa shape index (κ1) is 14.9. The fourth-order valence-corrected chi connectivity index (χ4v) is 2.25. The minimum absolute atomic E-state index is 0.346. The highest BCUT2D eigenvalue weighted by molar-refractivity contribution is 14.1. The van der Waals surface area contributed by atoms with Gasteiger partial charge in [-0.15, -0.1) is 0 Å². The lowest BCUT2D eigenvalue weighted by molar-refractivity contribution is -0.0375. The molecule has 1 rings (SSSR count). The molecule has 0 aliphatic heterocycles. The molecule has 0 fully saturated rings. The van der Waals surface area contributed by atoms with Crippen molar-refractivity contribution in [3.63, 3.8) is 0 Å². The average Bonchev–Trinajstić information content (AvgIpc) is 2.30. The van der Waals surface area contributed by atoms with E-state index in [4.69, 9.17) is 10.5 Å². The van der Waals surface area contributed by atoms with Gasteiger partial charge in [-0.25, -0.2) is 0 Å². The maximum atomic E-state index is 10.5. The summed E-state index contributed by atoms with van der Waals surface area (Å²) in [5, 5.41) is 10.5. The van der Waals surface area contributed by atoms with Crippen LogP contribution in [0.2, 0.25) is 0 Å². The zero-order chi connectivity index (χ0) is 12.7. The van der Waals surface area contributed by atoms with Crippen LogP contribution < -0.4 is 5.73 Å². The number of benzene rings is 1. The Morgan fingerprint density at radius 3 is 2.53 bits per heavy atom. The van der Waals surface area contributed by atoms with Gasteiger partial charge < -0.3 is 15.6 Å². The molecule has 0 aliphatic carbocycles. The number of aliphatic hydroxyl groups is 1. The quantitative estimate of drug-likeness (QED) is 0.740. The Labute approximate surface area is 116 Å². The summed E-state index contributed by atoms with van der Waals surface area (Å²) in [5.41, 5.74) is 5.81. The van der Waals surface area contributed by atoms with Gasteiger partial charge >= 0.3 is 0 Å². The van der Waals surface area contributed by atoms with E-state index in [1.165, 1.54) is 3.57 Å². The molecule has 17 heavy (non-hydrogen) atoms. The van der Waals surface area contributed by atoms with Crippen LogP contribution in [0.4, 0.5) is 0 Å². The highest BCUT2D eigenvalue weighted by Gasteiger charge is 2.26. The maximum absolute atomic E-state index is 10.5. The summed E-state index contributed by atoms with van der Waals surface area (Å²) < 4.78 is 6.31. The van der Waals surface area contributed by atoms with Crippen LogP contribution in [0.25, 0.3) is 0 Å². The Morgan fingerprint density at radius 2 is 2.00 bits per heavy atom. The molecule has 0 saturated carbocycles. The second-order valence-corrected chi connectivity index (χ2v) is 5.60. The Bertz CT molecular complexity index is 329. The Balaban J connectivity index is 2.67. The molecule has 3 nitrogen and oxygen atoms in total. The molecule has 1 unspecified atom stereocenters. The van der Waals surface area contributed by atoms with Crippen LogP contribution in [-0.2, 0) is 11.2 Å². The molecular formula is C13H20INO2. The predicted octanol–water partition coefficient (Wildman–Crippen LogP) is 1.95. The van der Waals surface area contributed by atoms with Crippen LogP contribution in [-0.4, -0.2) is 31.0 Å². The van der Waals surface area contributed by atoms with Crippen molar-refractivity contribution >= 4 is 22.6 Å². The molecule has 0 bridgehead atoms. The lowest BCUT2D eigenvalue weighted by Gasteiger charge is -2.27. The van der Waals surface area contributed by atoms with Gasteiger partial charge in [-0.3, -0.25) is 0 Å². The second-order valence-electron chi connectivity index (χ2n) is 4.35. The molecule has 4 heteroatoms. The molecule has 0 saturated heterocycles. The van der Waals surface area contributed by atoms with Crippen LogP contribution >= 0.6 is 22.6 Å². The summed E-state index contributed by atoms with van der Waals surface area (Å²) in [6.07, 6.45) is 2.09. The number of nitrogens with two attached hydrogens (primary N) is 1. The van der Waals surface area contributed by atoms with Crippen molar-refractivity contribution in [2.24, 2.45) is 5.73 Å². The van der Waals surface area contributed by atoms with Gasteiger partial charge in [-0.1, -0.05) is 12.1 Å². The number of hydrogen-bond acceptors (Lipinski definition) is 3. The van der Waals surface area contributed by atoms with E-state index in [9.17, 15) is 5.11 Å². The van der Waals surface area contributed by atoms with E-state index in [0.29, 0.717) is 26.0 Å². The monoisotopic (exact) mass is 349 g/mol. The van der Waals surface area contributed by atoms with Gasteiger partial charge in [0.05, 0.1) is 12.2 Å². The number of halogens is 1. The van der Waals surface area contributed by atoms with E-state index in [2.05, 4.69) is 22.6 Å². The summed E-state index contributed by atoms with van der Waals surface area (Å²) in [6, 6.07) is 8.19. The molecule has 1 aromatic rings. The molecule has 0 aliphatic rings.